The molecular weight excluding hydrogens is 741 g/mol. The average Bonchev–Trinajstić information content (AvgIpc) is 3.19. The van der Waals surface area contributed by atoms with Gasteiger partial charge in [-0.05, 0) is 64.2 Å². The van der Waals surface area contributed by atoms with Gasteiger partial charge in [-0.3, -0.25) is 18.6 Å². The summed E-state index contributed by atoms with van der Waals surface area (Å²) in [4.78, 5) is 33.6. The molecule has 0 aromatic carbocycles. The van der Waals surface area contributed by atoms with Crippen LogP contribution in [0, 0.1) is 0 Å². The van der Waals surface area contributed by atoms with Gasteiger partial charge in [0.25, 0.3) is 0 Å². The van der Waals surface area contributed by atoms with E-state index in [9.17, 15) is 19.0 Å². The Bertz CT molecular complexity index is 1010. The number of esters is 1. The van der Waals surface area contributed by atoms with E-state index in [2.05, 4.69) is 38.2 Å². The van der Waals surface area contributed by atoms with Gasteiger partial charge in [-0.15, -0.1) is 0 Å². The zero-order valence-corrected chi connectivity index (χ0v) is 37.6. The highest BCUT2D eigenvalue weighted by atomic mass is 31.2. The molecule has 0 aromatic rings. The Kier molecular flexibility index (Phi) is 41.4. The quantitative estimate of drug-likeness (QED) is 0.0234. The van der Waals surface area contributed by atoms with Crippen LogP contribution < -0.4 is 5.73 Å². The number of rotatable bonds is 45. The van der Waals surface area contributed by atoms with E-state index in [4.69, 9.17) is 29.4 Å². The molecule has 0 aliphatic rings. The smallest absolute Gasteiger partial charge is 0.472 e. The third kappa shape index (κ3) is 42.4. The van der Waals surface area contributed by atoms with Crippen molar-refractivity contribution in [2.45, 2.75) is 231 Å². The van der Waals surface area contributed by atoms with Gasteiger partial charge in [0.15, 0.2) is 0 Å². The predicted octanol–water partition coefficient (Wildman–Crippen LogP) is 13.1. The summed E-state index contributed by atoms with van der Waals surface area (Å²) in [6, 6.07) is -1.47. The maximum atomic E-state index is 12.7. The minimum Gasteiger partial charge on any atom is -0.480 e. The van der Waals surface area contributed by atoms with E-state index >= 15 is 0 Å². The fraction of sp³-hybridized carbons (Fsp3) is 0.870. The standard InChI is InChI=1S/C46H88NO9P/c1-3-5-7-9-11-13-15-17-19-20-21-22-23-24-25-26-28-30-32-34-36-38-45(48)56-43(41-54-57(51,52)55-42-44(47)46(49)50)40-53-39-37-35-33-31-29-27-18-16-14-12-10-8-6-4-2/h14,16,20-21,43-44H,3-13,15,17-19,22-42,47H2,1-2H3,(H,49,50)(H,51,52)/b16-14-,21-20-. The monoisotopic (exact) mass is 830 g/mol. The number of nitrogens with two attached hydrogens (primary N) is 1. The van der Waals surface area contributed by atoms with Crippen molar-refractivity contribution in [3.63, 3.8) is 0 Å². The lowest BCUT2D eigenvalue weighted by atomic mass is 10.1. The first-order valence-corrected chi connectivity index (χ1v) is 24.9. The Labute approximate surface area is 349 Å². The van der Waals surface area contributed by atoms with Crippen LogP contribution in [0.25, 0.3) is 0 Å². The molecule has 0 aliphatic heterocycles. The number of hydrogen-bond donors (Lipinski definition) is 3. The highest BCUT2D eigenvalue weighted by Crippen LogP contribution is 2.43. The normalized spacial score (nSPS) is 14.0. The van der Waals surface area contributed by atoms with Crippen LogP contribution in [0.3, 0.4) is 0 Å². The van der Waals surface area contributed by atoms with Gasteiger partial charge in [0.1, 0.15) is 12.1 Å². The molecule has 0 amide bonds. The van der Waals surface area contributed by atoms with Crippen LogP contribution in [0.5, 0.6) is 0 Å². The average molecular weight is 830 g/mol. The zero-order chi connectivity index (χ0) is 41.9. The second-order valence-electron chi connectivity index (χ2n) is 15.9. The number of ether oxygens (including phenoxy) is 2. The van der Waals surface area contributed by atoms with E-state index in [0.717, 1.165) is 44.9 Å². The van der Waals surface area contributed by atoms with Crippen LogP contribution in [0.15, 0.2) is 24.3 Å². The number of hydrogen-bond acceptors (Lipinski definition) is 8. The summed E-state index contributed by atoms with van der Waals surface area (Å²) in [5.41, 5.74) is 5.36. The minimum atomic E-state index is -4.62. The number of carboxylic acid groups (broad SMARTS) is 1. The number of aliphatic carboxylic acids is 1. The van der Waals surface area contributed by atoms with Crippen molar-refractivity contribution >= 4 is 19.8 Å². The summed E-state index contributed by atoms with van der Waals surface area (Å²) < 4.78 is 33.4. The van der Waals surface area contributed by atoms with E-state index in [1.54, 1.807) is 0 Å². The van der Waals surface area contributed by atoms with Crippen molar-refractivity contribution in [2.75, 3.05) is 26.4 Å². The lowest BCUT2D eigenvalue weighted by Gasteiger charge is -2.20. The van der Waals surface area contributed by atoms with E-state index in [0.29, 0.717) is 13.0 Å². The van der Waals surface area contributed by atoms with E-state index in [1.165, 1.54) is 148 Å². The molecule has 0 aliphatic carbocycles. The molecular formula is C46H88NO9P. The fourth-order valence-corrected chi connectivity index (χ4v) is 7.31. The van der Waals surface area contributed by atoms with Gasteiger partial charge in [-0.1, -0.05) is 173 Å². The maximum absolute atomic E-state index is 12.7. The summed E-state index contributed by atoms with van der Waals surface area (Å²) in [6.07, 6.45) is 46.6. The zero-order valence-electron chi connectivity index (χ0n) is 36.7. The highest BCUT2D eigenvalue weighted by Gasteiger charge is 2.27. The molecule has 3 unspecified atom stereocenters. The Morgan fingerprint density at radius 3 is 1.35 bits per heavy atom. The number of phosphoric ester groups is 1. The number of carboxylic acids is 1. The van der Waals surface area contributed by atoms with Crippen LogP contribution in [-0.2, 0) is 32.7 Å². The third-order valence-corrected chi connectivity index (χ3v) is 11.2. The second kappa shape index (κ2) is 42.6. The molecule has 3 atom stereocenters. The first kappa shape index (κ1) is 55.5. The second-order valence-corrected chi connectivity index (χ2v) is 17.3. The molecule has 0 radical (unpaired) electrons. The van der Waals surface area contributed by atoms with Gasteiger partial charge >= 0.3 is 19.8 Å². The van der Waals surface area contributed by atoms with Crippen molar-refractivity contribution in [1.82, 2.24) is 0 Å². The van der Waals surface area contributed by atoms with Gasteiger partial charge in [0.2, 0.25) is 0 Å². The van der Waals surface area contributed by atoms with E-state index in [1.807, 2.05) is 0 Å². The van der Waals surface area contributed by atoms with Crippen molar-refractivity contribution in [3.8, 4) is 0 Å². The maximum Gasteiger partial charge on any atom is 0.472 e. The number of carbonyl (C=O) groups is 2. The lowest BCUT2D eigenvalue weighted by Crippen LogP contribution is -2.34. The SMILES string of the molecule is CCCCCC/C=C\CCCCCCCCOCC(COP(=O)(O)OCC(N)C(=O)O)OC(=O)CCCCCCCCCCC/C=C\CCCCCCCCCC. The molecule has 0 spiro atoms. The molecule has 57 heavy (non-hydrogen) atoms. The van der Waals surface area contributed by atoms with E-state index in [-0.39, 0.29) is 13.0 Å². The molecule has 0 heterocycles. The van der Waals surface area contributed by atoms with E-state index < -0.39 is 45.1 Å². The third-order valence-electron chi connectivity index (χ3n) is 10.2. The van der Waals surface area contributed by atoms with Crippen LogP contribution in [0.2, 0.25) is 0 Å². The molecule has 0 bridgehead atoms. The van der Waals surface area contributed by atoms with Crippen molar-refractivity contribution in [2.24, 2.45) is 5.73 Å². The first-order valence-electron chi connectivity index (χ1n) is 23.4. The summed E-state index contributed by atoms with van der Waals surface area (Å²) in [5.74, 6) is -1.78. The largest absolute Gasteiger partial charge is 0.480 e. The van der Waals surface area contributed by atoms with Crippen LogP contribution in [-0.4, -0.2) is 60.5 Å². The summed E-state index contributed by atoms with van der Waals surface area (Å²) in [5, 5.41) is 8.90. The summed E-state index contributed by atoms with van der Waals surface area (Å²) >= 11 is 0. The Morgan fingerprint density at radius 2 is 0.912 bits per heavy atom. The molecule has 10 nitrogen and oxygen atoms in total. The molecule has 0 aromatic heterocycles. The van der Waals surface area contributed by atoms with Crippen LogP contribution in [0.4, 0.5) is 0 Å². The van der Waals surface area contributed by atoms with Crippen molar-refractivity contribution < 1.29 is 42.7 Å². The van der Waals surface area contributed by atoms with Gasteiger partial charge < -0.3 is 25.2 Å². The fourth-order valence-electron chi connectivity index (χ4n) is 6.53. The van der Waals surface area contributed by atoms with Crippen molar-refractivity contribution in [3.05, 3.63) is 24.3 Å². The summed E-state index contributed by atoms with van der Waals surface area (Å²) in [6.45, 7) is 3.88. The van der Waals surface area contributed by atoms with Gasteiger partial charge in [0, 0.05) is 13.0 Å². The minimum absolute atomic E-state index is 0.0146. The molecule has 0 fully saturated rings. The number of unbranched alkanes of at least 4 members (excludes halogenated alkanes) is 27. The van der Waals surface area contributed by atoms with Gasteiger partial charge in [-0.25, -0.2) is 4.57 Å². The number of phosphoric acid groups is 1. The van der Waals surface area contributed by atoms with Crippen LogP contribution >= 0.6 is 7.82 Å². The Hall–Kier alpha value is -1.55. The van der Waals surface area contributed by atoms with Gasteiger partial charge in [0.05, 0.1) is 19.8 Å². The Balaban J connectivity index is 4.16. The number of carbonyl (C=O) groups excluding carboxylic acids is 1. The first-order chi connectivity index (χ1) is 27.7. The van der Waals surface area contributed by atoms with Gasteiger partial charge in [-0.2, -0.15) is 0 Å². The Morgan fingerprint density at radius 1 is 0.544 bits per heavy atom. The molecule has 0 rings (SSSR count). The molecule has 0 saturated heterocycles. The number of allylic oxidation sites excluding steroid dienone is 4. The van der Waals surface area contributed by atoms with Crippen LogP contribution in [0.1, 0.15) is 219 Å². The van der Waals surface area contributed by atoms with Crippen molar-refractivity contribution in [1.29, 1.82) is 0 Å². The molecule has 4 N–H and O–H groups in total. The topological polar surface area (TPSA) is 155 Å². The lowest BCUT2D eigenvalue weighted by molar-refractivity contribution is -0.154. The predicted molar refractivity (Wildman–Crippen MR) is 235 cm³/mol. The summed E-state index contributed by atoms with van der Waals surface area (Å²) in [7, 11) is -4.62. The highest BCUT2D eigenvalue weighted by molar-refractivity contribution is 7.47. The molecule has 0 saturated carbocycles. The molecule has 336 valence electrons. The molecule has 11 heteroatoms.